The maximum Gasteiger partial charge on any atom is 0.407 e. The van der Waals surface area contributed by atoms with Gasteiger partial charge in [-0.2, -0.15) is 27.0 Å². The largest absolute Gasteiger partial charge is 0.457 e. The fraction of sp³-hybridized carbons (Fsp3) is 0.469. The number of rotatable bonds is 20. The Hall–Kier alpha value is -11.7. The fourth-order valence-corrected chi connectivity index (χ4v) is 18.8. The normalized spacial score (nSPS) is 19.5. The molecule has 8 aliphatic rings. The third-order valence-electron chi connectivity index (χ3n) is 25.5. The van der Waals surface area contributed by atoms with Gasteiger partial charge in [-0.25, -0.2) is 29.1 Å². The van der Waals surface area contributed by atoms with Gasteiger partial charge < -0.3 is 79.3 Å². The first-order valence-electron chi connectivity index (χ1n) is 42.7. The van der Waals surface area contributed by atoms with Crippen LogP contribution >= 0.6 is 27.0 Å². The number of H-pyrrole nitrogens is 2. The minimum absolute atomic E-state index is 0. The zero-order valence-corrected chi connectivity index (χ0v) is 74.8. The number of ether oxygens (including phenoxy) is 6. The Morgan fingerprint density at radius 2 is 0.703 bits per heavy atom. The van der Waals surface area contributed by atoms with Gasteiger partial charge in [0.15, 0.2) is 0 Å². The van der Waals surface area contributed by atoms with E-state index in [1.54, 1.807) is 6.20 Å². The number of nitrogens with one attached hydrogen (secondary N) is 6. The summed E-state index contributed by atoms with van der Waals surface area (Å²) in [5.41, 5.74) is 14.3. The number of carbonyl (C=O) groups excluding carboxylic acids is 8. The van der Waals surface area contributed by atoms with Crippen molar-refractivity contribution in [2.45, 2.75) is 223 Å². The Morgan fingerprint density at radius 1 is 0.398 bits per heavy atom. The fourth-order valence-electron chi connectivity index (χ4n) is 18.8. The molecule has 0 aliphatic carbocycles. The van der Waals surface area contributed by atoms with Crippen LogP contribution in [0.3, 0.4) is 0 Å². The van der Waals surface area contributed by atoms with Crippen LogP contribution in [0.25, 0.3) is 55.2 Å². The first kappa shape index (κ1) is 100. The molecule has 0 spiro atoms. The number of aromatic nitrogens is 4. The molecule has 688 valence electrons. The Bertz CT molecular complexity index is 5560. The van der Waals surface area contributed by atoms with Crippen molar-refractivity contribution in [3.63, 3.8) is 0 Å². The molecule has 4 saturated heterocycles. The van der Waals surface area contributed by atoms with Crippen LogP contribution in [0, 0.1) is 23.7 Å². The summed E-state index contributed by atoms with van der Waals surface area (Å²) in [6.07, 6.45) is 12.9. The van der Waals surface area contributed by atoms with Gasteiger partial charge in [0, 0.05) is 108 Å². The lowest BCUT2D eigenvalue weighted by Crippen LogP contribution is -2.53. The second-order valence-corrected chi connectivity index (χ2v) is 34.4. The topological polar surface area (TPSA) is 335 Å². The highest BCUT2D eigenvalue weighted by atomic mass is 32.1. The number of hydrogen-bond acceptors (Lipinski definition) is 18. The molecule has 0 radical (unpaired) electrons. The van der Waals surface area contributed by atoms with Crippen molar-refractivity contribution in [3.05, 3.63) is 167 Å². The van der Waals surface area contributed by atoms with Crippen LogP contribution < -0.4 is 30.7 Å². The van der Waals surface area contributed by atoms with E-state index in [-0.39, 0.29) is 140 Å². The van der Waals surface area contributed by atoms with Crippen LogP contribution in [0.4, 0.5) is 19.2 Å². The molecule has 0 saturated carbocycles. The van der Waals surface area contributed by atoms with E-state index >= 15 is 0 Å². The molecule has 8 aliphatic heterocycles. The lowest BCUT2D eigenvalue weighted by molar-refractivity contribution is -0.136. The van der Waals surface area contributed by atoms with Crippen molar-refractivity contribution < 1.29 is 66.8 Å². The molecular formula is C98H130N14O14S2. The minimum Gasteiger partial charge on any atom is -0.457 e. The van der Waals surface area contributed by atoms with E-state index < -0.39 is 48.5 Å². The van der Waals surface area contributed by atoms with E-state index in [0.717, 1.165) is 180 Å². The van der Waals surface area contributed by atoms with Crippen LogP contribution in [-0.4, -0.2) is 190 Å². The molecule has 128 heavy (non-hydrogen) atoms. The summed E-state index contributed by atoms with van der Waals surface area (Å²) < 4.78 is 32.4. The van der Waals surface area contributed by atoms with Crippen molar-refractivity contribution in [2.24, 2.45) is 33.7 Å². The first-order valence-corrected chi connectivity index (χ1v) is 42.7. The molecule has 10 heterocycles. The van der Waals surface area contributed by atoms with Crippen LogP contribution in [-0.2, 0) is 38.1 Å². The zero-order valence-electron chi connectivity index (χ0n) is 72.8. The van der Waals surface area contributed by atoms with E-state index in [1.165, 1.54) is 28.4 Å². The molecule has 0 bridgehead atoms. The van der Waals surface area contributed by atoms with Gasteiger partial charge in [-0.05, 0) is 155 Å². The number of imidazole rings is 2. The average Bonchev–Trinajstić information content (AvgIpc) is 0.888. The number of aliphatic imine (C=N–C) groups is 2. The summed E-state index contributed by atoms with van der Waals surface area (Å²) in [5, 5.41) is 15.3. The van der Waals surface area contributed by atoms with Crippen molar-refractivity contribution in [2.75, 3.05) is 54.6 Å². The number of methoxy groups -OCH3 is 4. The third kappa shape index (κ3) is 20.1. The van der Waals surface area contributed by atoms with Crippen molar-refractivity contribution in [3.8, 4) is 45.5 Å². The summed E-state index contributed by atoms with van der Waals surface area (Å²) >= 11 is 0. The highest BCUT2D eigenvalue weighted by Gasteiger charge is 2.44. The summed E-state index contributed by atoms with van der Waals surface area (Å²) in [6.45, 7) is 22.1. The minimum atomic E-state index is -0.703. The van der Waals surface area contributed by atoms with Gasteiger partial charge in [-0.15, -0.1) is 0 Å². The summed E-state index contributed by atoms with van der Waals surface area (Å²) in [5.74, 6) is 3.90. The standard InChI is InChI=1S/C48H56N6O7.C46H54N8O7.4CH4.2H2S/c1-26(2)43(51-47(57)59-6)45(55)53-18-8-10-38(53)36-21-32(24-49-36)29-13-16-35-31(20-29)14-17-40-42(35)28(5)34-15-12-30(23-41(34)61-40)33-22-37(50-25-33)39-11-9-19-54(39)46(56)44(27(3)4)52-48(58)60-7;1-24(2)39(51-45(57)59-6)43(55)53-18-8-10-34(53)41-47-22-32(49-41)28-13-16-31-27(20-28)14-17-36-38(31)26(5)30-15-12-29(21-37(30)61-36)33-23-48-42(50-33)35-11-9-19-54(35)44(56)40(25(3)4)52-46(58)60-7;;;;;;/h12-17,20,23-28,38-39,43-44H,8-11,18-19,21-22H2,1-7H3,(H,51,57)(H,52,58);12-17,20-26,34-35,39-40H,8-11,18-19H2,1-7H3,(H,47,49)(H,48,50)(H,51,57)(H,52,58);4*1H4;2*1H2/t28?,38-,39-,43-,44-;26?,34-,35-,39?,40?;;;;;;/m00....../s1. The van der Waals surface area contributed by atoms with Crippen LogP contribution in [0.15, 0.2) is 132 Å². The van der Waals surface area contributed by atoms with Crippen LogP contribution in [0.5, 0.6) is 23.0 Å². The number of aromatic amines is 2. The quantitative estimate of drug-likeness (QED) is 0.0386. The van der Waals surface area contributed by atoms with Gasteiger partial charge in [0.1, 0.15) is 58.8 Å². The monoisotopic (exact) mass is 1790 g/mol. The number of fused-ring (bicyclic) bond motifs is 8. The molecule has 4 fully saturated rings. The molecule has 2 aromatic heterocycles. The van der Waals surface area contributed by atoms with Crippen LogP contribution in [0.2, 0.25) is 0 Å². The molecule has 6 N–H and O–H groups in total. The van der Waals surface area contributed by atoms with Gasteiger partial charge in [0.05, 0.1) is 76.4 Å². The molecule has 6 aromatic carbocycles. The third-order valence-corrected chi connectivity index (χ3v) is 25.5. The average molecular weight is 1790 g/mol. The molecule has 10 atom stereocenters. The number of alkyl carbamates (subject to hydrolysis) is 4. The van der Waals surface area contributed by atoms with Crippen molar-refractivity contribution in [1.29, 1.82) is 0 Å². The highest BCUT2D eigenvalue weighted by molar-refractivity contribution is 7.59. The molecule has 8 amide bonds. The number of nitrogens with zero attached hydrogens (tertiary/aromatic N) is 8. The second-order valence-electron chi connectivity index (χ2n) is 34.4. The van der Waals surface area contributed by atoms with E-state index in [1.807, 2.05) is 106 Å². The maximum absolute atomic E-state index is 13.7. The maximum atomic E-state index is 13.7. The summed E-state index contributed by atoms with van der Waals surface area (Å²) in [4.78, 5) is 136. The van der Waals surface area contributed by atoms with Gasteiger partial charge in [0.25, 0.3) is 0 Å². The van der Waals surface area contributed by atoms with Crippen molar-refractivity contribution >= 4 is 119 Å². The Kier molecular flexibility index (Phi) is 33.2. The number of amides is 8. The van der Waals surface area contributed by atoms with E-state index in [0.29, 0.717) is 44.8 Å². The number of likely N-dealkylation sites (tertiary alicyclic amines) is 4. The Labute approximate surface area is 766 Å². The molecule has 4 unspecified atom stereocenters. The predicted molar refractivity (Wildman–Crippen MR) is 512 cm³/mol. The Morgan fingerprint density at radius 3 is 1.06 bits per heavy atom. The van der Waals surface area contributed by atoms with Gasteiger partial charge in [-0.1, -0.05) is 160 Å². The van der Waals surface area contributed by atoms with Gasteiger partial charge >= 0.3 is 24.4 Å². The Balaban J connectivity index is 0.000000276. The lowest BCUT2D eigenvalue weighted by Gasteiger charge is -2.31. The smallest absolute Gasteiger partial charge is 0.407 e. The molecule has 30 heteroatoms. The van der Waals surface area contributed by atoms with Crippen LogP contribution in [0.1, 0.15) is 232 Å². The molecule has 8 aromatic rings. The van der Waals surface area contributed by atoms with E-state index in [4.69, 9.17) is 48.4 Å². The number of carbonyl (C=O) groups is 8. The number of benzene rings is 6. The molecule has 16 rings (SSSR count). The van der Waals surface area contributed by atoms with E-state index in [2.05, 4.69) is 130 Å². The lowest BCUT2D eigenvalue weighted by atomic mass is 9.84. The SMILES string of the molecule is C.C.C.C.COC(=O)NC(C(=O)N1CCC[C@H]1c1ncc(-c2ccc3c(c2)Oc2ccc4cc(-c5cnc([C@@H]6CCCN6C(=O)C(NC(=O)OC)C(C)C)[nH]5)ccc4c2C3C)[nH]1)C(C)C.COC(=O)N[C@H](C(=O)N1CCC[C@H]1C1=NC=C(c2ccc3c(c2)Oc2ccc4cc(C5=CN=C([C@@H]6CCCN6C(=O)[C@@H](NC(=O)OC)C(C)C)C5)ccc4c2C3C)C1)C(C)C.S.S. The van der Waals surface area contributed by atoms with Gasteiger partial charge in [0.2, 0.25) is 23.6 Å². The number of allylic oxidation sites excluding steroid dienone is 2. The van der Waals surface area contributed by atoms with E-state index in [9.17, 15) is 38.4 Å². The summed E-state index contributed by atoms with van der Waals surface area (Å²) in [7, 11) is 5.19. The first-order chi connectivity index (χ1) is 58.7. The molecular weight excluding hydrogens is 1660 g/mol. The zero-order chi connectivity index (χ0) is 86.2. The second kappa shape index (κ2) is 42.5. The predicted octanol–water partition coefficient (Wildman–Crippen LogP) is 18.9. The number of hydrogen-bond donors (Lipinski definition) is 6. The van der Waals surface area contributed by atoms with Gasteiger partial charge in [-0.3, -0.25) is 29.2 Å². The summed E-state index contributed by atoms with van der Waals surface area (Å²) in [6, 6.07) is 30.4. The van der Waals surface area contributed by atoms with Crippen molar-refractivity contribution in [1.82, 2.24) is 60.8 Å². The molecule has 28 nitrogen and oxygen atoms in total. The highest BCUT2D eigenvalue weighted by Crippen LogP contribution is 2.51.